The zero-order valence-electron chi connectivity index (χ0n) is 11.9. The molecule has 3 rings (SSSR count). The van der Waals surface area contributed by atoms with Crippen molar-refractivity contribution < 1.29 is 13.2 Å². The largest absolute Gasteiger partial charge is 0.298 e. The third kappa shape index (κ3) is 2.97. The Bertz CT molecular complexity index is 814. The van der Waals surface area contributed by atoms with Gasteiger partial charge in [0.05, 0.1) is 17.1 Å². The molecule has 22 heavy (non-hydrogen) atoms. The Hall–Kier alpha value is -1.93. The van der Waals surface area contributed by atoms with Gasteiger partial charge in [0.15, 0.2) is 5.13 Å². The fourth-order valence-electron chi connectivity index (χ4n) is 2.31. The van der Waals surface area contributed by atoms with E-state index < -0.39 is 10.0 Å². The number of nitrogens with one attached hydrogen (secondary N) is 1. The molecular weight excluding hydrogens is 322 g/mol. The van der Waals surface area contributed by atoms with Gasteiger partial charge in [0.25, 0.3) is 5.91 Å². The van der Waals surface area contributed by atoms with Crippen molar-refractivity contribution in [2.75, 3.05) is 21.9 Å². The molecule has 0 atom stereocenters. The number of amides is 1. The van der Waals surface area contributed by atoms with Crippen LogP contribution in [0, 0.1) is 6.92 Å². The van der Waals surface area contributed by atoms with Crippen molar-refractivity contribution in [1.29, 1.82) is 0 Å². The molecule has 1 amide bonds. The summed E-state index contributed by atoms with van der Waals surface area (Å²) in [6.07, 6.45) is 0.608. The minimum absolute atomic E-state index is 0.155. The van der Waals surface area contributed by atoms with Crippen LogP contribution in [0.4, 0.5) is 10.8 Å². The van der Waals surface area contributed by atoms with Gasteiger partial charge in [-0.05, 0) is 31.5 Å². The molecule has 2 heterocycles. The number of benzene rings is 1. The summed E-state index contributed by atoms with van der Waals surface area (Å²) in [4.78, 5) is 16.4. The second-order valence-corrected chi connectivity index (χ2v) is 7.91. The Kier molecular flexibility index (Phi) is 3.88. The molecule has 2 aromatic rings. The van der Waals surface area contributed by atoms with Gasteiger partial charge in [0, 0.05) is 17.5 Å². The van der Waals surface area contributed by atoms with E-state index in [1.54, 1.807) is 24.3 Å². The summed E-state index contributed by atoms with van der Waals surface area (Å²) in [5, 5.41) is 5.10. The van der Waals surface area contributed by atoms with Crippen molar-refractivity contribution in [2.45, 2.75) is 13.3 Å². The van der Waals surface area contributed by atoms with Gasteiger partial charge in [-0.2, -0.15) is 0 Å². The molecule has 0 bridgehead atoms. The molecule has 0 unspecified atom stereocenters. The van der Waals surface area contributed by atoms with Crippen LogP contribution < -0.4 is 9.62 Å². The Balaban J connectivity index is 1.83. The highest BCUT2D eigenvalue weighted by Crippen LogP contribution is 2.25. The van der Waals surface area contributed by atoms with E-state index in [-0.39, 0.29) is 11.7 Å². The number of carbonyl (C=O) groups excluding carboxylic acids is 1. The normalized spacial score (nSPS) is 16.7. The van der Waals surface area contributed by atoms with Gasteiger partial charge in [0.2, 0.25) is 10.0 Å². The first-order valence-electron chi connectivity index (χ1n) is 6.80. The van der Waals surface area contributed by atoms with Gasteiger partial charge >= 0.3 is 0 Å². The standard InChI is InChI=1S/C14H15N3O3S2/c1-10-9-21-14(15-10)16-13(18)11-4-2-5-12(8-11)17-6-3-7-22(17,19)20/h2,4-5,8-9H,3,6-7H2,1H3,(H,15,16,18). The van der Waals surface area contributed by atoms with E-state index >= 15 is 0 Å². The second kappa shape index (κ2) is 5.69. The summed E-state index contributed by atoms with van der Waals surface area (Å²) in [5.74, 6) is -0.144. The van der Waals surface area contributed by atoms with E-state index in [9.17, 15) is 13.2 Å². The van der Waals surface area contributed by atoms with Crippen molar-refractivity contribution in [3.63, 3.8) is 0 Å². The highest BCUT2D eigenvalue weighted by molar-refractivity contribution is 7.93. The van der Waals surface area contributed by atoms with Crippen LogP contribution in [-0.4, -0.2) is 31.6 Å². The third-order valence-corrected chi connectivity index (χ3v) is 6.08. The molecule has 0 spiro atoms. The Morgan fingerprint density at radius 3 is 2.86 bits per heavy atom. The number of thiazole rings is 1. The Labute approximate surface area is 132 Å². The lowest BCUT2D eigenvalue weighted by atomic mass is 10.2. The zero-order valence-corrected chi connectivity index (χ0v) is 13.6. The first-order valence-corrected chi connectivity index (χ1v) is 9.28. The van der Waals surface area contributed by atoms with Gasteiger partial charge in [0.1, 0.15) is 0 Å². The minimum atomic E-state index is -3.25. The molecule has 0 aliphatic carbocycles. The van der Waals surface area contributed by atoms with Gasteiger partial charge in [-0.1, -0.05) is 6.07 Å². The SMILES string of the molecule is Cc1csc(NC(=O)c2cccc(N3CCCS3(=O)=O)c2)n1. The number of hydrogen-bond donors (Lipinski definition) is 1. The lowest BCUT2D eigenvalue weighted by molar-refractivity contribution is 0.102. The number of aryl methyl sites for hydroxylation is 1. The molecule has 0 saturated carbocycles. The number of hydrogen-bond acceptors (Lipinski definition) is 5. The van der Waals surface area contributed by atoms with Crippen LogP contribution in [0.15, 0.2) is 29.6 Å². The van der Waals surface area contributed by atoms with Crippen molar-refractivity contribution >= 4 is 38.1 Å². The van der Waals surface area contributed by atoms with Gasteiger partial charge in [-0.3, -0.25) is 14.4 Å². The van der Waals surface area contributed by atoms with Gasteiger partial charge in [-0.25, -0.2) is 13.4 Å². The molecule has 1 fully saturated rings. The van der Waals surface area contributed by atoms with E-state index in [0.717, 1.165) is 5.69 Å². The lowest BCUT2D eigenvalue weighted by Crippen LogP contribution is -2.25. The van der Waals surface area contributed by atoms with Crippen molar-refractivity contribution in [3.8, 4) is 0 Å². The molecule has 0 radical (unpaired) electrons. The number of sulfonamides is 1. The van der Waals surface area contributed by atoms with E-state index in [4.69, 9.17) is 0 Å². The van der Waals surface area contributed by atoms with Crippen molar-refractivity contribution in [2.24, 2.45) is 0 Å². The fourth-order valence-corrected chi connectivity index (χ4v) is 4.55. The highest BCUT2D eigenvalue weighted by atomic mass is 32.2. The molecule has 1 aliphatic rings. The van der Waals surface area contributed by atoms with Crippen LogP contribution in [0.25, 0.3) is 0 Å². The maximum Gasteiger partial charge on any atom is 0.257 e. The van der Waals surface area contributed by atoms with Crippen molar-refractivity contribution in [3.05, 3.63) is 40.9 Å². The maximum atomic E-state index is 12.2. The number of anilines is 2. The molecule has 6 nitrogen and oxygen atoms in total. The summed E-state index contributed by atoms with van der Waals surface area (Å²) in [5.41, 5.74) is 1.78. The quantitative estimate of drug-likeness (QED) is 0.931. The average molecular weight is 337 g/mol. The average Bonchev–Trinajstić information content (AvgIpc) is 3.04. The zero-order chi connectivity index (χ0) is 15.7. The molecule has 1 saturated heterocycles. The number of aromatic nitrogens is 1. The van der Waals surface area contributed by atoms with E-state index in [1.165, 1.54) is 15.6 Å². The molecule has 1 N–H and O–H groups in total. The lowest BCUT2D eigenvalue weighted by Gasteiger charge is -2.17. The van der Waals surface area contributed by atoms with Crippen LogP contribution in [-0.2, 0) is 10.0 Å². The van der Waals surface area contributed by atoms with Crippen LogP contribution in [0.5, 0.6) is 0 Å². The van der Waals surface area contributed by atoms with E-state index in [1.807, 2.05) is 12.3 Å². The molecule has 1 aliphatic heterocycles. The molecule has 1 aromatic heterocycles. The smallest absolute Gasteiger partial charge is 0.257 e. The summed E-state index contributed by atoms with van der Waals surface area (Å²) in [7, 11) is -3.25. The fraction of sp³-hybridized carbons (Fsp3) is 0.286. The third-order valence-electron chi connectivity index (χ3n) is 3.34. The van der Waals surface area contributed by atoms with Crippen molar-refractivity contribution in [1.82, 2.24) is 4.98 Å². The number of carbonyl (C=O) groups is 1. The first kappa shape index (κ1) is 15.0. The summed E-state index contributed by atoms with van der Waals surface area (Å²) in [6.45, 7) is 2.31. The minimum Gasteiger partial charge on any atom is -0.298 e. The van der Waals surface area contributed by atoms with Crippen LogP contribution in [0.2, 0.25) is 0 Å². The van der Waals surface area contributed by atoms with E-state index in [2.05, 4.69) is 10.3 Å². The van der Waals surface area contributed by atoms with Gasteiger partial charge in [-0.15, -0.1) is 11.3 Å². The molecule has 1 aromatic carbocycles. The Morgan fingerprint density at radius 2 is 2.23 bits per heavy atom. The van der Waals surface area contributed by atoms with Crippen LogP contribution >= 0.6 is 11.3 Å². The number of nitrogens with zero attached hydrogens (tertiary/aromatic N) is 2. The predicted octanol–water partition coefficient (Wildman–Crippen LogP) is 2.24. The molecular formula is C14H15N3O3S2. The van der Waals surface area contributed by atoms with Crippen LogP contribution in [0.3, 0.4) is 0 Å². The molecule has 8 heteroatoms. The topological polar surface area (TPSA) is 79.4 Å². The monoisotopic (exact) mass is 337 g/mol. The Morgan fingerprint density at radius 1 is 1.41 bits per heavy atom. The highest BCUT2D eigenvalue weighted by Gasteiger charge is 2.28. The summed E-state index contributed by atoms with van der Waals surface area (Å²) >= 11 is 1.35. The predicted molar refractivity (Wildman–Crippen MR) is 87.0 cm³/mol. The van der Waals surface area contributed by atoms with E-state index in [0.29, 0.717) is 29.3 Å². The second-order valence-electron chi connectivity index (χ2n) is 5.04. The number of rotatable bonds is 3. The first-order chi connectivity index (χ1) is 10.5. The summed E-state index contributed by atoms with van der Waals surface area (Å²) in [6, 6.07) is 6.64. The van der Waals surface area contributed by atoms with Crippen LogP contribution in [0.1, 0.15) is 22.5 Å². The molecule has 116 valence electrons. The maximum absolute atomic E-state index is 12.2. The van der Waals surface area contributed by atoms with Gasteiger partial charge < -0.3 is 0 Å². The summed E-state index contributed by atoms with van der Waals surface area (Å²) < 4.78 is 25.3.